The van der Waals surface area contributed by atoms with E-state index in [9.17, 15) is 4.79 Å². The van der Waals surface area contributed by atoms with Crippen molar-refractivity contribution in [1.82, 2.24) is 4.90 Å². The molecule has 116 valence electrons. The Kier molecular flexibility index (Phi) is 5.62. The summed E-state index contributed by atoms with van der Waals surface area (Å²) in [6.07, 6.45) is 2.51. The van der Waals surface area contributed by atoms with E-state index in [1.165, 1.54) is 32.9 Å². The summed E-state index contributed by atoms with van der Waals surface area (Å²) in [6, 6.07) is 8.40. The van der Waals surface area contributed by atoms with Gasteiger partial charge in [0.1, 0.15) is 0 Å². The highest BCUT2D eigenvalue weighted by molar-refractivity contribution is 5.89. The summed E-state index contributed by atoms with van der Waals surface area (Å²) in [7, 11) is 0. The van der Waals surface area contributed by atoms with Gasteiger partial charge >= 0.3 is 0 Å². The fraction of sp³-hybridized carbons (Fsp3) is 0.588. The van der Waals surface area contributed by atoms with Crippen LogP contribution in [-0.4, -0.2) is 36.5 Å². The first-order valence-corrected chi connectivity index (χ1v) is 7.95. The molecule has 1 aromatic carbocycles. The molecule has 2 N–H and O–H groups in total. The summed E-state index contributed by atoms with van der Waals surface area (Å²) in [6.45, 7) is 9.60. The minimum Gasteiger partial charge on any atom is -0.382 e. The third kappa shape index (κ3) is 4.74. The molecule has 1 amide bonds. The zero-order valence-corrected chi connectivity index (χ0v) is 13.4. The van der Waals surface area contributed by atoms with E-state index in [-0.39, 0.29) is 5.91 Å². The Labute approximate surface area is 127 Å². The number of amides is 1. The molecule has 1 unspecified atom stereocenters. The molecule has 0 aromatic heterocycles. The SMILES string of the molecule is CCN1CCC(C(C)Nc2cccc(NC(C)=O)c2)CC1. The minimum atomic E-state index is -0.0351. The number of hydrogen-bond acceptors (Lipinski definition) is 3. The van der Waals surface area contributed by atoms with Crippen LogP contribution in [0.1, 0.15) is 33.6 Å². The third-order valence-corrected chi connectivity index (χ3v) is 4.36. The van der Waals surface area contributed by atoms with Crippen molar-refractivity contribution in [3.05, 3.63) is 24.3 Å². The molecular formula is C17H27N3O. The largest absolute Gasteiger partial charge is 0.382 e. The molecule has 1 aromatic rings. The number of carbonyl (C=O) groups excluding carboxylic acids is 1. The highest BCUT2D eigenvalue weighted by atomic mass is 16.1. The van der Waals surface area contributed by atoms with Crippen molar-refractivity contribution in [2.75, 3.05) is 30.3 Å². The van der Waals surface area contributed by atoms with Gasteiger partial charge in [-0.15, -0.1) is 0 Å². The number of anilines is 2. The fourth-order valence-corrected chi connectivity index (χ4v) is 3.04. The van der Waals surface area contributed by atoms with Crippen LogP contribution < -0.4 is 10.6 Å². The maximum Gasteiger partial charge on any atom is 0.221 e. The average Bonchev–Trinajstić information content (AvgIpc) is 2.47. The highest BCUT2D eigenvalue weighted by Gasteiger charge is 2.23. The third-order valence-electron chi connectivity index (χ3n) is 4.36. The average molecular weight is 289 g/mol. The first-order chi connectivity index (χ1) is 10.1. The van der Waals surface area contributed by atoms with Crippen LogP contribution in [0, 0.1) is 5.92 Å². The zero-order chi connectivity index (χ0) is 15.2. The van der Waals surface area contributed by atoms with Crippen molar-refractivity contribution in [1.29, 1.82) is 0 Å². The van der Waals surface area contributed by atoms with E-state index >= 15 is 0 Å². The van der Waals surface area contributed by atoms with Gasteiger partial charge in [-0.3, -0.25) is 4.79 Å². The number of carbonyl (C=O) groups is 1. The summed E-state index contributed by atoms with van der Waals surface area (Å²) in [5.41, 5.74) is 1.92. The lowest BCUT2D eigenvalue weighted by Crippen LogP contribution is -2.39. The lowest BCUT2D eigenvalue weighted by Gasteiger charge is -2.34. The van der Waals surface area contributed by atoms with Crippen LogP contribution in [0.4, 0.5) is 11.4 Å². The molecule has 1 aliphatic heterocycles. The zero-order valence-electron chi connectivity index (χ0n) is 13.4. The van der Waals surface area contributed by atoms with E-state index in [1.54, 1.807) is 0 Å². The van der Waals surface area contributed by atoms with Gasteiger partial charge in [0.05, 0.1) is 0 Å². The van der Waals surface area contributed by atoms with Crippen molar-refractivity contribution in [3.8, 4) is 0 Å². The lowest BCUT2D eigenvalue weighted by molar-refractivity contribution is -0.114. The van der Waals surface area contributed by atoms with Crippen LogP contribution in [0.2, 0.25) is 0 Å². The van der Waals surface area contributed by atoms with Crippen LogP contribution in [0.5, 0.6) is 0 Å². The molecule has 0 spiro atoms. The number of nitrogens with zero attached hydrogens (tertiary/aromatic N) is 1. The number of piperidine rings is 1. The quantitative estimate of drug-likeness (QED) is 0.875. The maximum atomic E-state index is 11.1. The number of likely N-dealkylation sites (tertiary alicyclic amines) is 1. The second kappa shape index (κ2) is 7.46. The van der Waals surface area contributed by atoms with Gasteiger partial charge in [-0.05, 0) is 63.5 Å². The fourth-order valence-electron chi connectivity index (χ4n) is 3.04. The molecule has 0 bridgehead atoms. The van der Waals surface area contributed by atoms with Crippen molar-refractivity contribution < 1.29 is 4.79 Å². The summed E-state index contributed by atoms with van der Waals surface area (Å²) in [5, 5.41) is 6.41. The Morgan fingerprint density at radius 1 is 1.33 bits per heavy atom. The van der Waals surface area contributed by atoms with Gasteiger partial charge in [0.25, 0.3) is 0 Å². The second-order valence-electron chi connectivity index (χ2n) is 5.97. The van der Waals surface area contributed by atoms with E-state index < -0.39 is 0 Å². The summed E-state index contributed by atoms with van der Waals surface area (Å²) in [4.78, 5) is 13.6. The Bertz CT molecular complexity index is 467. The predicted molar refractivity (Wildman–Crippen MR) is 88.7 cm³/mol. The van der Waals surface area contributed by atoms with Gasteiger partial charge in [0.2, 0.25) is 5.91 Å². The first-order valence-electron chi connectivity index (χ1n) is 7.95. The molecule has 0 saturated carbocycles. The van der Waals surface area contributed by atoms with Crippen molar-refractivity contribution in [2.45, 2.75) is 39.7 Å². The molecule has 4 heteroatoms. The smallest absolute Gasteiger partial charge is 0.221 e. The van der Waals surface area contributed by atoms with Crippen LogP contribution in [-0.2, 0) is 4.79 Å². The molecule has 1 fully saturated rings. The normalized spacial score (nSPS) is 18.2. The van der Waals surface area contributed by atoms with E-state index in [0.29, 0.717) is 6.04 Å². The number of hydrogen-bond donors (Lipinski definition) is 2. The summed E-state index contributed by atoms with van der Waals surface area (Å²) >= 11 is 0. The first kappa shape index (κ1) is 15.8. The van der Waals surface area contributed by atoms with Gasteiger partial charge < -0.3 is 15.5 Å². The Hall–Kier alpha value is -1.55. The molecule has 1 heterocycles. The van der Waals surface area contributed by atoms with Crippen LogP contribution >= 0.6 is 0 Å². The lowest BCUT2D eigenvalue weighted by atomic mass is 9.90. The summed E-state index contributed by atoms with van der Waals surface area (Å²) in [5.74, 6) is 0.685. The topological polar surface area (TPSA) is 44.4 Å². The molecule has 1 atom stereocenters. The van der Waals surface area contributed by atoms with Crippen LogP contribution in [0.15, 0.2) is 24.3 Å². The molecule has 21 heavy (non-hydrogen) atoms. The number of rotatable bonds is 5. The predicted octanol–water partition coefficient (Wildman–Crippen LogP) is 3.18. The maximum absolute atomic E-state index is 11.1. The molecule has 2 rings (SSSR count). The van der Waals surface area contributed by atoms with Crippen molar-refractivity contribution in [2.24, 2.45) is 5.92 Å². The standard InChI is InChI=1S/C17H27N3O/c1-4-20-10-8-15(9-11-20)13(2)18-16-6-5-7-17(12-16)19-14(3)21/h5-7,12-13,15,18H,4,8-11H2,1-3H3,(H,19,21). The molecular weight excluding hydrogens is 262 g/mol. The minimum absolute atomic E-state index is 0.0351. The Balaban J connectivity index is 1.90. The molecule has 1 saturated heterocycles. The number of benzene rings is 1. The Morgan fingerprint density at radius 2 is 2.00 bits per heavy atom. The van der Waals surface area contributed by atoms with Gasteiger partial charge in [-0.25, -0.2) is 0 Å². The molecule has 0 aliphatic carbocycles. The van der Waals surface area contributed by atoms with Crippen LogP contribution in [0.3, 0.4) is 0 Å². The molecule has 4 nitrogen and oxygen atoms in total. The van der Waals surface area contributed by atoms with E-state index in [0.717, 1.165) is 23.8 Å². The van der Waals surface area contributed by atoms with E-state index in [2.05, 4.69) is 35.4 Å². The monoisotopic (exact) mass is 289 g/mol. The van der Waals surface area contributed by atoms with Crippen molar-refractivity contribution in [3.63, 3.8) is 0 Å². The van der Waals surface area contributed by atoms with Gasteiger partial charge in [0, 0.05) is 24.3 Å². The van der Waals surface area contributed by atoms with Crippen molar-refractivity contribution >= 4 is 17.3 Å². The molecule has 0 radical (unpaired) electrons. The van der Waals surface area contributed by atoms with Crippen LogP contribution in [0.25, 0.3) is 0 Å². The van der Waals surface area contributed by atoms with Gasteiger partial charge in [0.15, 0.2) is 0 Å². The van der Waals surface area contributed by atoms with E-state index in [4.69, 9.17) is 0 Å². The van der Waals surface area contributed by atoms with Gasteiger partial charge in [-0.2, -0.15) is 0 Å². The van der Waals surface area contributed by atoms with E-state index in [1.807, 2.05) is 18.2 Å². The van der Waals surface area contributed by atoms with Gasteiger partial charge in [-0.1, -0.05) is 13.0 Å². The highest BCUT2D eigenvalue weighted by Crippen LogP contribution is 2.24. The second-order valence-corrected chi connectivity index (χ2v) is 5.97. The Morgan fingerprint density at radius 3 is 2.62 bits per heavy atom. The summed E-state index contributed by atoms with van der Waals surface area (Å²) < 4.78 is 0. The number of nitrogens with one attached hydrogen (secondary N) is 2. The molecule has 1 aliphatic rings.